The molecule has 1 aliphatic heterocycles. The number of fused-ring (bicyclic) bond motifs is 1. The lowest BCUT2D eigenvalue weighted by Crippen LogP contribution is -2.42. The molecule has 1 atom stereocenters. The summed E-state index contributed by atoms with van der Waals surface area (Å²) >= 11 is 1.76. The molecule has 1 aliphatic rings. The predicted octanol–water partition coefficient (Wildman–Crippen LogP) is 2.47. The zero-order valence-electron chi connectivity index (χ0n) is 11.1. The van der Waals surface area contributed by atoms with Gasteiger partial charge in [0.2, 0.25) is 5.91 Å². The Kier molecular flexibility index (Phi) is 4.47. The van der Waals surface area contributed by atoms with Crippen LogP contribution in [0.25, 0.3) is 0 Å². The highest BCUT2D eigenvalue weighted by Gasteiger charge is 2.28. The summed E-state index contributed by atoms with van der Waals surface area (Å²) in [4.78, 5) is 26.3. The van der Waals surface area contributed by atoms with Crippen molar-refractivity contribution in [1.82, 2.24) is 0 Å². The first kappa shape index (κ1) is 13.9. The van der Waals surface area contributed by atoms with Crippen LogP contribution in [0.3, 0.4) is 0 Å². The molecule has 1 amide bonds. The van der Waals surface area contributed by atoms with Gasteiger partial charge in [-0.1, -0.05) is 12.1 Å². The average molecular weight is 279 g/mol. The largest absolute Gasteiger partial charge is 0.469 e. The third-order valence-electron chi connectivity index (χ3n) is 3.08. The Labute approximate surface area is 117 Å². The molecular formula is C14H17NO3S. The molecule has 1 heterocycles. The van der Waals surface area contributed by atoms with E-state index in [-0.39, 0.29) is 30.8 Å². The fourth-order valence-electron chi connectivity index (χ4n) is 2.11. The molecule has 0 bridgehead atoms. The van der Waals surface area contributed by atoms with Gasteiger partial charge in [0.05, 0.1) is 19.2 Å². The number of benzene rings is 1. The molecule has 0 saturated carbocycles. The molecule has 0 saturated heterocycles. The second-order valence-electron chi connectivity index (χ2n) is 4.47. The van der Waals surface area contributed by atoms with Crippen LogP contribution in [0.2, 0.25) is 0 Å². The molecule has 2 rings (SSSR count). The van der Waals surface area contributed by atoms with Crippen LogP contribution in [0, 0.1) is 0 Å². The number of para-hydroxylation sites is 1. The van der Waals surface area contributed by atoms with Gasteiger partial charge in [-0.2, -0.15) is 0 Å². The molecule has 102 valence electrons. The number of ether oxygens (including phenoxy) is 1. The van der Waals surface area contributed by atoms with E-state index in [9.17, 15) is 9.59 Å². The number of esters is 1. The minimum Gasteiger partial charge on any atom is -0.469 e. The first-order valence-corrected chi connectivity index (χ1v) is 7.22. The maximum Gasteiger partial charge on any atom is 0.306 e. The fourth-order valence-corrected chi connectivity index (χ4v) is 3.17. The number of thioether (sulfide) groups is 1. The van der Waals surface area contributed by atoms with Gasteiger partial charge < -0.3 is 9.64 Å². The van der Waals surface area contributed by atoms with Crippen molar-refractivity contribution in [3.63, 3.8) is 0 Å². The van der Waals surface area contributed by atoms with Crippen LogP contribution in [0.4, 0.5) is 5.69 Å². The molecule has 4 nitrogen and oxygen atoms in total. The Morgan fingerprint density at radius 1 is 1.37 bits per heavy atom. The molecule has 5 heteroatoms. The van der Waals surface area contributed by atoms with Gasteiger partial charge in [0.25, 0.3) is 0 Å². The first-order chi connectivity index (χ1) is 9.13. The van der Waals surface area contributed by atoms with E-state index in [1.807, 2.05) is 31.2 Å². The maximum absolute atomic E-state index is 12.3. The van der Waals surface area contributed by atoms with E-state index in [1.54, 1.807) is 16.7 Å². The van der Waals surface area contributed by atoms with Crippen LogP contribution in [0.1, 0.15) is 19.8 Å². The number of carbonyl (C=O) groups is 2. The smallest absolute Gasteiger partial charge is 0.306 e. The molecule has 19 heavy (non-hydrogen) atoms. The number of rotatable bonds is 3. The highest BCUT2D eigenvalue weighted by molar-refractivity contribution is 7.99. The molecule has 1 unspecified atom stereocenters. The highest BCUT2D eigenvalue weighted by Crippen LogP contribution is 2.37. The SMILES string of the molecule is COC(=O)CCC(=O)N1c2ccccc2SCC1C. The van der Waals surface area contributed by atoms with E-state index in [1.165, 1.54) is 7.11 Å². The van der Waals surface area contributed by atoms with Crippen molar-refractivity contribution in [2.45, 2.75) is 30.7 Å². The van der Waals surface area contributed by atoms with Gasteiger partial charge >= 0.3 is 5.97 Å². The van der Waals surface area contributed by atoms with Crippen molar-refractivity contribution in [2.24, 2.45) is 0 Å². The number of carbonyl (C=O) groups excluding carboxylic acids is 2. The molecule has 0 spiro atoms. The lowest BCUT2D eigenvalue weighted by Gasteiger charge is -2.34. The van der Waals surface area contributed by atoms with Gasteiger partial charge in [-0.25, -0.2) is 0 Å². The molecule has 0 fully saturated rings. The molecule has 0 N–H and O–H groups in total. The molecule has 0 aliphatic carbocycles. The van der Waals surface area contributed by atoms with E-state index >= 15 is 0 Å². The minimum absolute atomic E-state index is 0.0225. The summed E-state index contributed by atoms with van der Waals surface area (Å²) < 4.78 is 4.57. The monoisotopic (exact) mass is 279 g/mol. The molecule has 1 aromatic rings. The van der Waals surface area contributed by atoms with Crippen LogP contribution in [0.15, 0.2) is 29.2 Å². The second-order valence-corrected chi connectivity index (χ2v) is 5.53. The summed E-state index contributed by atoms with van der Waals surface area (Å²) in [5.41, 5.74) is 0.945. The molecular weight excluding hydrogens is 262 g/mol. The summed E-state index contributed by atoms with van der Waals surface area (Å²) in [6.45, 7) is 2.03. The number of amides is 1. The van der Waals surface area contributed by atoms with Crippen molar-refractivity contribution in [1.29, 1.82) is 0 Å². The zero-order valence-corrected chi connectivity index (χ0v) is 11.9. The summed E-state index contributed by atoms with van der Waals surface area (Å²) in [7, 11) is 1.34. The van der Waals surface area contributed by atoms with Crippen LogP contribution >= 0.6 is 11.8 Å². The van der Waals surface area contributed by atoms with E-state index in [2.05, 4.69) is 4.74 Å². The second kappa shape index (κ2) is 6.10. The minimum atomic E-state index is -0.347. The number of hydrogen-bond acceptors (Lipinski definition) is 4. The van der Waals surface area contributed by atoms with Gasteiger partial charge in [-0.15, -0.1) is 11.8 Å². The topological polar surface area (TPSA) is 46.6 Å². The zero-order chi connectivity index (χ0) is 13.8. The van der Waals surface area contributed by atoms with Gasteiger partial charge in [0, 0.05) is 23.1 Å². The summed E-state index contributed by atoms with van der Waals surface area (Å²) in [5.74, 6) is 0.507. The van der Waals surface area contributed by atoms with Crippen molar-refractivity contribution < 1.29 is 14.3 Å². The predicted molar refractivity (Wildman–Crippen MR) is 75.4 cm³/mol. The summed E-state index contributed by atoms with van der Waals surface area (Å²) in [6, 6.07) is 8.02. The quantitative estimate of drug-likeness (QED) is 0.797. The fraction of sp³-hybridized carbons (Fsp3) is 0.429. The van der Waals surface area contributed by atoms with E-state index < -0.39 is 0 Å². The molecule has 0 radical (unpaired) electrons. The molecule has 0 aromatic heterocycles. The van der Waals surface area contributed by atoms with Gasteiger partial charge in [-0.3, -0.25) is 9.59 Å². The highest BCUT2D eigenvalue weighted by atomic mass is 32.2. The van der Waals surface area contributed by atoms with E-state index in [0.717, 1.165) is 16.3 Å². The van der Waals surface area contributed by atoms with Gasteiger partial charge in [0.1, 0.15) is 0 Å². The lowest BCUT2D eigenvalue weighted by atomic mass is 10.2. The average Bonchev–Trinajstić information content (AvgIpc) is 2.44. The first-order valence-electron chi connectivity index (χ1n) is 6.24. The van der Waals surface area contributed by atoms with Crippen molar-refractivity contribution in [3.05, 3.63) is 24.3 Å². The Hall–Kier alpha value is -1.49. The third-order valence-corrected chi connectivity index (χ3v) is 4.39. The summed E-state index contributed by atoms with van der Waals surface area (Å²) in [6.07, 6.45) is 0.323. The van der Waals surface area contributed by atoms with Crippen LogP contribution in [-0.2, 0) is 14.3 Å². The number of nitrogens with zero attached hydrogens (tertiary/aromatic N) is 1. The lowest BCUT2D eigenvalue weighted by molar-refractivity contribution is -0.141. The number of hydrogen-bond donors (Lipinski definition) is 0. The normalized spacial score (nSPS) is 17.8. The summed E-state index contributed by atoms with van der Waals surface area (Å²) in [5, 5.41) is 0. The van der Waals surface area contributed by atoms with Crippen LogP contribution in [0.5, 0.6) is 0 Å². The van der Waals surface area contributed by atoms with Gasteiger partial charge in [-0.05, 0) is 19.1 Å². The Bertz CT molecular complexity index is 489. The van der Waals surface area contributed by atoms with Crippen molar-refractivity contribution >= 4 is 29.3 Å². The third kappa shape index (κ3) is 3.10. The number of methoxy groups -OCH3 is 1. The Morgan fingerprint density at radius 3 is 2.84 bits per heavy atom. The van der Waals surface area contributed by atoms with Crippen molar-refractivity contribution in [2.75, 3.05) is 17.8 Å². The van der Waals surface area contributed by atoms with Crippen LogP contribution < -0.4 is 4.90 Å². The van der Waals surface area contributed by atoms with Crippen molar-refractivity contribution in [3.8, 4) is 0 Å². The van der Waals surface area contributed by atoms with E-state index in [0.29, 0.717) is 0 Å². The maximum atomic E-state index is 12.3. The van der Waals surface area contributed by atoms with Gasteiger partial charge in [0.15, 0.2) is 0 Å². The van der Waals surface area contributed by atoms with Crippen LogP contribution in [-0.4, -0.2) is 30.8 Å². The Morgan fingerprint density at radius 2 is 2.11 bits per heavy atom. The molecule has 1 aromatic carbocycles. The standard InChI is InChI=1S/C14H17NO3S/c1-10-9-19-12-6-4-3-5-11(12)15(10)13(16)7-8-14(17)18-2/h3-6,10H,7-9H2,1-2H3. The Balaban J connectivity index is 2.14. The van der Waals surface area contributed by atoms with E-state index in [4.69, 9.17) is 0 Å². The number of anilines is 1.